The number of nitrogens with one attached hydrogen (secondary N) is 1. The molecule has 0 aliphatic heterocycles. The van der Waals surface area contributed by atoms with Gasteiger partial charge in [-0.15, -0.1) is 0 Å². The fourth-order valence-corrected chi connectivity index (χ4v) is 2.26. The van der Waals surface area contributed by atoms with E-state index < -0.39 is 0 Å². The number of benzene rings is 1. The summed E-state index contributed by atoms with van der Waals surface area (Å²) < 4.78 is 12.9. The maximum Gasteiger partial charge on any atom is 0.270 e. The maximum absolute atomic E-state index is 12.9. The summed E-state index contributed by atoms with van der Waals surface area (Å²) in [6, 6.07) is 8.96. The van der Waals surface area contributed by atoms with Gasteiger partial charge in [0.15, 0.2) is 0 Å². The van der Waals surface area contributed by atoms with Crippen LogP contribution in [-0.2, 0) is 6.54 Å². The van der Waals surface area contributed by atoms with Gasteiger partial charge < -0.3 is 10.2 Å². The van der Waals surface area contributed by atoms with Crippen molar-refractivity contribution in [2.75, 3.05) is 13.1 Å². The molecule has 0 aliphatic rings. The van der Waals surface area contributed by atoms with E-state index in [1.54, 1.807) is 23.1 Å². The molecule has 1 N–H and O–H groups in total. The van der Waals surface area contributed by atoms with Gasteiger partial charge in [0.05, 0.1) is 0 Å². The monoisotopic (exact) mass is 329 g/mol. The molecule has 24 heavy (non-hydrogen) atoms. The Kier molecular flexibility index (Phi) is 6.01. The van der Waals surface area contributed by atoms with Crippen molar-refractivity contribution in [3.63, 3.8) is 0 Å². The molecular weight excluding hydrogens is 309 g/mol. The summed E-state index contributed by atoms with van der Waals surface area (Å²) in [5, 5.41) is 2.71. The normalized spacial score (nSPS) is 10.3. The summed E-state index contributed by atoms with van der Waals surface area (Å²) in [5.41, 5.74) is 1.39. The van der Waals surface area contributed by atoms with Crippen molar-refractivity contribution in [2.45, 2.75) is 20.4 Å². The topological polar surface area (TPSA) is 62.3 Å². The van der Waals surface area contributed by atoms with Crippen molar-refractivity contribution >= 4 is 11.8 Å². The molecule has 0 spiro atoms. The molecule has 1 aromatic carbocycles. The molecule has 2 aromatic rings. The minimum Gasteiger partial charge on any atom is -0.347 e. The van der Waals surface area contributed by atoms with Gasteiger partial charge in [0.25, 0.3) is 11.8 Å². The van der Waals surface area contributed by atoms with Crippen LogP contribution in [0.15, 0.2) is 42.6 Å². The van der Waals surface area contributed by atoms with Crippen LogP contribution in [0.2, 0.25) is 0 Å². The van der Waals surface area contributed by atoms with Gasteiger partial charge in [-0.2, -0.15) is 0 Å². The predicted octanol–water partition coefficient (Wildman–Crippen LogP) is 2.63. The molecule has 0 radical (unpaired) electrons. The van der Waals surface area contributed by atoms with Gasteiger partial charge in [0.2, 0.25) is 0 Å². The Labute approximate surface area is 140 Å². The number of amides is 2. The third-order valence-corrected chi connectivity index (χ3v) is 3.66. The van der Waals surface area contributed by atoms with E-state index in [0.29, 0.717) is 18.7 Å². The number of rotatable bonds is 6. The fraction of sp³-hybridized carbons (Fsp3) is 0.278. The number of carbonyl (C=O) groups is 2. The summed E-state index contributed by atoms with van der Waals surface area (Å²) >= 11 is 0. The van der Waals surface area contributed by atoms with Crippen LogP contribution in [0.5, 0.6) is 0 Å². The number of aromatic nitrogens is 1. The minimum atomic E-state index is -0.381. The molecule has 0 saturated heterocycles. The van der Waals surface area contributed by atoms with Crippen LogP contribution < -0.4 is 5.32 Å². The second kappa shape index (κ2) is 8.19. The Hall–Kier alpha value is -2.76. The summed E-state index contributed by atoms with van der Waals surface area (Å²) in [7, 11) is 0. The summed E-state index contributed by atoms with van der Waals surface area (Å²) in [6.07, 6.45) is 1.45. The Morgan fingerprint density at radius 1 is 1.12 bits per heavy atom. The number of nitrogens with zero attached hydrogens (tertiary/aromatic N) is 2. The van der Waals surface area contributed by atoms with Crippen LogP contribution >= 0.6 is 0 Å². The van der Waals surface area contributed by atoms with E-state index >= 15 is 0 Å². The highest BCUT2D eigenvalue weighted by atomic mass is 19.1. The Morgan fingerprint density at radius 2 is 1.79 bits per heavy atom. The molecule has 126 valence electrons. The molecule has 2 amide bonds. The van der Waals surface area contributed by atoms with Crippen molar-refractivity contribution in [1.29, 1.82) is 0 Å². The lowest BCUT2D eigenvalue weighted by atomic mass is 10.2. The van der Waals surface area contributed by atoms with Gasteiger partial charge in [0, 0.05) is 31.4 Å². The van der Waals surface area contributed by atoms with Crippen LogP contribution in [0.25, 0.3) is 0 Å². The number of hydrogen-bond donors (Lipinski definition) is 1. The van der Waals surface area contributed by atoms with Gasteiger partial charge in [-0.05, 0) is 43.7 Å². The third-order valence-electron chi connectivity index (χ3n) is 3.66. The van der Waals surface area contributed by atoms with E-state index in [9.17, 15) is 14.0 Å². The van der Waals surface area contributed by atoms with Crippen LogP contribution in [0.4, 0.5) is 4.39 Å². The molecule has 5 nitrogen and oxygen atoms in total. The highest BCUT2D eigenvalue weighted by Crippen LogP contribution is 2.07. The summed E-state index contributed by atoms with van der Waals surface area (Å²) in [5.74, 6) is -0.835. The highest BCUT2D eigenvalue weighted by molar-refractivity contribution is 5.98. The minimum absolute atomic E-state index is 0.130. The second-order valence-electron chi connectivity index (χ2n) is 5.22. The highest BCUT2D eigenvalue weighted by Gasteiger charge is 2.15. The average molecular weight is 329 g/mol. The zero-order valence-electron chi connectivity index (χ0n) is 13.8. The molecule has 0 aliphatic carbocycles. The maximum atomic E-state index is 12.9. The SMILES string of the molecule is CCN(CC)C(=O)c1ccnc(C(=O)NCc2ccc(F)cc2)c1. The van der Waals surface area contributed by atoms with Crippen molar-refractivity contribution in [1.82, 2.24) is 15.2 Å². The molecule has 0 fully saturated rings. The molecule has 0 unspecified atom stereocenters. The van der Waals surface area contributed by atoms with Gasteiger partial charge in [-0.1, -0.05) is 12.1 Å². The lowest BCUT2D eigenvalue weighted by Gasteiger charge is -2.18. The number of halogens is 1. The molecule has 0 atom stereocenters. The van der Waals surface area contributed by atoms with Crippen LogP contribution in [0.3, 0.4) is 0 Å². The van der Waals surface area contributed by atoms with E-state index in [4.69, 9.17) is 0 Å². The van der Waals surface area contributed by atoms with Crippen molar-refractivity contribution in [2.24, 2.45) is 0 Å². The van der Waals surface area contributed by atoms with Crippen molar-refractivity contribution in [3.05, 3.63) is 65.2 Å². The van der Waals surface area contributed by atoms with Crippen molar-refractivity contribution in [3.8, 4) is 0 Å². The van der Waals surface area contributed by atoms with E-state index in [2.05, 4.69) is 10.3 Å². The molecule has 2 rings (SSSR count). The lowest BCUT2D eigenvalue weighted by molar-refractivity contribution is 0.0773. The smallest absolute Gasteiger partial charge is 0.270 e. The molecule has 6 heteroatoms. The first kappa shape index (κ1) is 17.6. The van der Waals surface area contributed by atoms with E-state index in [0.717, 1.165) is 5.56 Å². The first-order chi connectivity index (χ1) is 11.5. The largest absolute Gasteiger partial charge is 0.347 e. The second-order valence-corrected chi connectivity index (χ2v) is 5.22. The molecular formula is C18H20FN3O2. The van der Waals surface area contributed by atoms with Crippen LogP contribution in [-0.4, -0.2) is 34.8 Å². The Balaban J connectivity index is 2.05. The Morgan fingerprint density at radius 3 is 2.42 bits per heavy atom. The standard InChI is InChI=1S/C18H20FN3O2/c1-3-22(4-2)18(24)14-9-10-20-16(11-14)17(23)21-12-13-5-7-15(19)8-6-13/h5-11H,3-4,12H2,1-2H3,(H,21,23). The van der Waals surface area contributed by atoms with E-state index in [1.165, 1.54) is 24.4 Å². The first-order valence-electron chi connectivity index (χ1n) is 7.83. The van der Waals surface area contributed by atoms with E-state index in [1.807, 2.05) is 13.8 Å². The van der Waals surface area contributed by atoms with Crippen LogP contribution in [0.1, 0.15) is 40.3 Å². The zero-order valence-corrected chi connectivity index (χ0v) is 13.8. The van der Waals surface area contributed by atoms with Crippen molar-refractivity contribution < 1.29 is 14.0 Å². The molecule has 1 heterocycles. The van der Waals surface area contributed by atoms with E-state index in [-0.39, 0.29) is 29.9 Å². The molecule has 0 saturated carbocycles. The van der Waals surface area contributed by atoms with Gasteiger partial charge in [0.1, 0.15) is 11.5 Å². The molecule has 1 aromatic heterocycles. The summed E-state index contributed by atoms with van der Waals surface area (Å²) in [6.45, 7) is 5.26. The average Bonchev–Trinajstić information content (AvgIpc) is 2.62. The quantitative estimate of drug-likeness (QED) is 0.886. The number of pyridine rings is 1. The predicted molar refractivity (Wildman–Crippen MR) is 89.1 cm³/mol. The Bertz CT molecular complexity index is 712. The van der Waals surface area contributed by atoms with Gasteiger partial charge in [-0.3, -0.25) is 14.6 Å². The fourth-order valence-electron chi connectivity index (χ4n) is 2.26. The first-order valence-corrected chi connectivity index (χ1v) is 7.83. The van der Waals surface area contributed by atoms with Crippen LogP contribution in [0, 0.1) is 5.82 Å². The number of hydrogen-bond acceptors (Lipinski definition) is 3. The number of carbonyl (C=O) groups excluding carboxylic acids is 2. The van der Waals surface area contributed by atoms with Gasteiger partial charge >= 0.3 is 0 Å². The zero-order chi connectivity index (χ0) is 17.5. The third kappa shape index (κ3) is 4.38. The summed E-state index contributed by atoms with van der Waals surface area (Å²) in [4.78, 5) is 30.2. The molecule has 0 bridgehead atoms. The lowest BCUT2D eigenvalue weighted by Crippen LogP contribution is -2.31. The van der Waals surface area contributed by atoms with Gasteiger partial charge in [-0.25, -0.2) is 4.39 Å².